The van der Waals surface area contributed by atoms with E-state index in [1.807, 2.05) is 6.07 Å². The lowest BCUT2D eigenvalue weighted by Crippen LogP contribution is -2.26. The van der Waals surface area contributed by atoms with Crippen molar-refractivity contribution < 1.29 is 8.81 Å². The molecule has 4 heterocycles. The topological polar surface area (TPSA) is 94.5 Å². The van der Waals surface area contributed by atoms with Gasteiger partial charge < -0.3 is 9.40 Å². The van der Waals surface area contributed by atoms with Crippen LogP contribution in [-0.2, 0) is 6.42 Å². The van der Waals surface area contributed by atoms with Gasteiger partial charge in [-0.3, -0.25) is 9.13 Å². The third-order valence-electron chi connectivity index (χ3n) is 5.50. The standard InChI is InChI=1S/C20H15FN6O2/c21-11-4-5-13-16(8-11)26(10-23-13)19-22-9-14-18(25-19)27(20(28)24-14)15-2-1-3-17-12(15)6-7-29-17/h4-10,15H,1-3H2,(H,24,28). The van der Waals surface area contributed by atoms with Gasteiger partial charge in [-0.15, -0.1) is 0 Å². The summed E-state index contributed by atoms with van der Waals surface area (Å²) in [5.74, 6) is 0.864. The van der Waals surface area contributed by atoms with E-state index >= 15 is 0 Å². The van der Waals surface area contributed by atoms with Crippen molar-refractivity contribution in [3.8, 4) is 5.95 Å². The predicted molar refractivity (Wildman–Crippen MR) is 103 cm³/mol. The zero-order chi connectivity index (χ0) is 19.5. The van der Waals surface area contributed by atoms with Crippen LogP contribution >= 0.6 is 0 Å². The summed E-state index contributed by atoms with van der Waals surface area (Å²) in [6, 6.07) is 6.11. The molecule has 1 N–H and O–H groups in total. The molecule has 9 heteroatoms. The van der Waals surface area contributed by atoms with E-state index in [1.54, 1.807) is 34.0 Å². The summed E-state index contributed by atoms with van der Waals surface area (Å²) in [7, 11) is 0. The fraction of sp³-hybridized carbons (Fsp3) is 0.200. The number of halogens is 1. The first-order chi connectivity index (χ1) is 14.2. The number of rotatable bonds is 2. The van der Waals surface area contributed by atoms with E-state index in [4.69, 9.17) is 4.42 Å². The Balaban J connectivity index is 1.56. The Hall–Kier alpha value is -3.75. The summed E-state index contributed by atoms with van der Waals surface area (Å²) in [5, 5.41) is 0. The zero-order valence-corrected chi connectivity index (χ0v) is 15.2. The Morgan fingerprint density at radius 3 is 3.10 bits per heavy atom. The molecule has 0 saturated heterocycles. The summed E-state index contributed by atoms with van der Waals surface area (Å²) in [5.41, 5.74) is 3.00. The molecule has 4 aromatic heterocycles. The number of hydrogen-bond acceptors (Lipinski definition) is 5. The van der Waals surface area contributed by atoms with Gasteiger partial charge in [-0.1, -0.05) is 0 Å². The van der Waals surface area contributed by atoms with Crippen LogP contribution in [0.5, 0.6) is 0 Å². The molecule has 8 nitrogen and oxygen atoms in total. The largest absolute Gasteiger partial charge is 0.469 e. The monoisotopic (exact) mass is 390 g/mol. The van der Waals surface area contributed by atoms with E-state index in [9.17, 15) is 9.18 Å². The van der Waals surface area contributed by atoms with Crippen LogP contribution in [-0.4, -0.2) is 29.1 Å². The predicted octanol–water partition coefficient (Wildman–Crippen LogP) is 3.12. The van der Waals surface area contributed by atoms with Gasteiger partial charge in [0.15, 0.2) is 5.65 Å². The highest BCUT2D eigenvalue weighted by molar-refractivity contribution is 5.77. The molecule has 6 rings (SSSR count). The molecule has 0 bridgehead atoms. The van der Waals surface area contributed by atoms with Crippen LogP contribution in [0.2, 0.25) is 0 Å². The number of furan rings is 1. The molecule has 1 atom stereocenters. The highest BCUT2D eigenvalue weighted by Crippen LogP contribution is 2.34. The van der Waals surface area contributed by atoms with Gasteiger partial charge in [-0.05, 0) is 31.0 Å². The number of benzene rings is 1. The zero-order valence-electron chi connectivity index (χ0n) is 15.2. The van der Waals surface area contributed by atoms with E-state index in [2.05, 4.69) is 19.9 Å². The summed E-state index contributed by atoms with van der Waals surface area (Å²) >= 11 is 0. The van der Waals surface area contributed by atoms with Crippen molar-refractivity contribution in [3.05, 3.63) is 70.7 Å². The van der Waals surface area contributed by atoms with Crippen LogP contribution in [0.25, 0.3) is 28.1 Å². The van der Waals surface area contributed by atoms with Gasteiger partial charge >= 0.3 is 5.69 Å². The fourth-order valence-corrected chi connectivity index (χ4v) is 4.18. The highest BCUT2D eigenvalue weighted by Gasteiger charge is 2.27. The van der Waals surface area contributed by atoms with Crippen molar-refractivity contribution in [1.29, 1.82) is 0 Å². The van der Waals surface area contributed by atoms with Crippen molar-refractivity contribution in [3.63, 3.8) is 0 Å². The van der Waals surface area contributed by atoms with Gasteiger partial charge in [-0.2, -0.15) is 4.98 Å². The van der Waals surface area contributed by atoms with E-state index in [0.717, 1.165) is 30.6 Å². The van der Waals surface area contributed by atoms with Crippen molar-refractivity contribution >= 4 is 22.2 Å². The molecule has 1 aliphatic rings. The summed E-state index contributed by atoms with van der Waals surface area (Å²) in [6.45, 7) is 0. The van der Waals surface area contributed by atoms with Crippen molar-refractivity contribution in [1.82, 2.24) is 29.1 Å². The first kappa shape index (κ1) is 16.2. The smallest absolute Gasteiger partial charge is 0.328 e. The Kier molecular flexibility index (Phi) is 3.29. The second-order valence-electron chi connectivity index (χ2n) is 7.16. The molecule has 0 radical (unpaired) electrons. The maximum atomic E-state index is 13.7. The maximum Gasteiger partial charge on any atom is 0.328 e. The summed E-state index contributed by atoms with van der Waals surface area (Å²) in [6.07, 6.45) is 7.39. The van der Waals surface area contributed by atoms with Gasteiger partial charge in [0.25, 0.3) is 0 Å². The molecule has 0 spiro atoms. The van der Waals surface area contributed by atoms with Gasteiger partial charge in [0.05, 0.1) is 29.5 Å². The number of nitrogens with one attached hydrogen (secondary N) is 1. The van der Waals surface area contributed by atoms with Crippen LogP contribution in [0.15, 0.2) is 52.3 Å². The normalized spacial score (nSPS) is 16.5. The molecule has 1 aromatic carbocycles. The number of aryl methyl sites for hydroxylation is 1. The maximum absolute atomic E-state index is 13.7. The van der Waals surface area contributed by atoms with Crippen LogP contribution in [0, 0.1) is 5.82 Å². The highest BCUT2D eigenvalue weighted by atomic mass is 19.1. The number of aromatic nitrogens is 6. The van der Waals surface area contributed by atoms with Gasteiger partial charge in [0.1, 0.15) is 23.4 Å². The molecular formula is C20H15FN6O2. The molecule has 29 heavy (non-hydrogen) atoms. The van der Waals surface area contributed by atoms with Crippen molar-refractivity contribution in [2.45, 2.75) is 25.3 Å². The number of aromatic amines is 1. The first-order valence-electron chi connectivity index (χ1n) is 9.35. The summed E-state index contributed by atoms with van der Waals surface area (Å²) < 4.78 is 22.6. The van der Waals surface area contributed by atoms with Crippen molar-refractivity contribution in [2.75, 3.05) is 0 Å². The number of hydrogen-bond donors (Lipinski definition) is 1. The fourth-order valence-electron chi connectivity index (χ4n) is 4.18. The Bertz CT molecular complexity index is 1440. The lowest BCUT2D eigenvalue weighted by molar-refractivity contribution is 0.424. The number of imidazole rings is 2. The minimum absolute atomic E-state index is 0.154. The van der Waals surface area contributed by atoms with E-state index in [1.165, 1.54) is 12.1 Å². The van der Waals surface area contributed by atoms with E-state index in [0.29, 0.717) is 28.1 Å². The Morgan fingerprint density at radius 1 is 1.24 bits per heavy atom. The lowest BCUT2D eigenvalue weighted by atomic mass is 9.93. The minimum Gasteiger partial charge on any atom is -0.469 e. The third-order valence-corrected chi connectivity index (χ3v) is 5.50. The third kappa shape index (κ3) is 2.36. The molecule has 144 valence electrons. The number of H-pyrrole nitrogens is 1. The van der Waals surface area contributed by atoms with Crippen LogP contribution in [0.1, 0.15) is 30.2 Å². The number of fused-ring (bicyclic) bond motifs is 3. The SMILES string of the molecule is O=c1[nH]c2cnc(-n3cnc4ccc(F)cc43)nc2n1C1CCCc2occc21. The van der Waals surface area contributed by atoms with E-state index in [-0.39, 0.29) is 17.5 Å². The lowest BCUT2D eigenvalue weighted by Gasteiger charge is -2.22. The van der Waals surface area contributed by atoms with Crippen molar-refractivity contribution in [2.24, 2.45) is 0 Å². The Labute approximate surface area is 162 Å². The molecule has 0 amide bonds. The van der Waals surface area contributed by atoms with Gasteiger partial charge in [0.2, 0.25) is 5.95 Å². The van der Waals surface area contributed by atoms with Gasteiger partial charge in [0, 0.05) is 18.1 Å². The van der Waals surface area contributed by atoms with E-state index < -0.39 is 0 Å². The quantitative estimate of drug-likeness (QED) is 0.500. The average Bonchev–Trinajstić information content (AvgIpc) is 3.43. The van der Waals surface area contributed by atoms with Gasteiger partial charge in [-0.25, -0.2) is 19.2 Å². The second-order valence-corrected chi connectivity index (χ2v) is 7.16. The molecule has 0 fully saturated rings. The molecule has 5 aromatic rings. The molecule has 1 unspecified atom stereocenters. The molecule has 0 aliphatic heterocycles. The first-order valence-corrected chi connectivity index (χ1v) is 9.35. The van der Waals surface area contributed by atoms with Crippen LogP contribution in [0.4, 0.5) is 4.39 Å². The second kappa shape index (κ2) is 5.87. The molecule has 0 saturated carbocycles. The average molecular weight is 390 g/mol. The van der Waals surface area contributed by atoms with Crippen LogP contribution < -0.4 is 5.69 Å². The number of nitrogens with zero attached hydrogens (tertiary/aromatic N) is 5. The molecular weight excluding hydrogens is 375 g/mol. The Morgan fingerprint density at radius 2 is 2.17 bits per heavy atom. The van der Waals surface area contributed by atoms with Crippen LogP contribution in [0.3, 0.4) is 0 Å². The minimum atomic E-state index is -0.367. The summed E-state index contributed by atoms with van der Waals surface area (Å²) in [4.78, 5) is 28.9. The molecule has 1 aliphatic carbocycles.